The fourth-order valence-electron chi connectivity index (χ4n) is 4.45. The number of benzene rings is 2. The van der Waals surface area contributed by atoms with E-state index in [1.807, 2.05) is 35.1 Å². The van der Waals surface area contributed by atoms with Crippen molar-refractivity contribution in [2.45, 2.75) is 33.2 Å². The van der Waals surface area contributed by atoms with Gasteiger partial charge in [-0.05, 0) is 44.4 Å². The Hall–Kier alpha value is -3.74. The molecule has 1 atom stereocenters. The Balaban J connectivity index is 1.33. The smallest absolute Gasteiger partial charge is 0.225 e. The maximum absolute atomic E-state index is 12.9. The van der Waals surface area contributed by atoms with Crippen LogP contribution in [0.3, 0.4) is 0 Å². The molecule has 2 aromatic heterocycles. The van der Waals surface area contributed by atoms with Gasteiger partial charge in [-0.1, -0.05) is 47.5 Å². The highest BCUT2D eigenvalue weighted by Gasteiger charge is 2.28. The van der Waals surface area contributed by atoms with Gasteiger partial charge in [-0.15, -0.1) is 5.10 Å². The minimum Gasteiger partial charge on any atom is -0.355 e. The Morgan fingerprint density at radius 1 is 1.09 bits per heavy atom. The van der Waals surface area contributed by atoms with Crippen molar-refractivity contribution in [3.8, 4) is 5.69 Å². The third kappa shape index (κ3) is 4.58. The van der Waals surface area contributed by atoms with Crippen molar-refractivity contribution < 1.29 is 4.79 Å². The number of nitrogens with zero attached hydrogens (tertiary/aromatic N) is 5. The Bertz CT molecular complexity index is 1280. The van der Waals surface area contributed by atoms with Crippen molar-refractivity contribution in [3.05, 3.63) is 77.7 Å². The number of hydrogen-bond acceptors (Lipinski definition) is 5. The monoisotopic (exact) mass is 440 g/mol. The number of fused-ring (bicyclic) bond motifs is 1. The van der Waals surface area contributed by atoms with E-state index in [0.717, 1.165) is 41.8 Å². The number of anilines is 1. The van der Waals surface area contributed by atoms with Gasteiger partial charge in [0.05, 0.1) is 17.0 Å². The van der Waals surface area contributed by atoms with E-state index in [-0.39, 0.29) is 11.8 Å². The van der Waals surface area contributed by atoms with Gasteiger partial charge in [0.1, 0.15) is 12.1 Å². The molecule has 1 amide bonds. The van der Waals surface area contributed by atoms with Crippen molar-refractivity contribution in [3.63, 3.8) is 0 Å². The van der Waals surface area contributed by atoms with Gasteiger partial charge in [0.2, 0.25) is 5.91 Å². The zero-order valence-electron chi connectivity index (χ0n) is 19.0. The summed E-state index contributed by atoms with van der Waals surface area (Å²) < 4.78 is 1.85. The molecule has 0 bridgehead atoms. The first kappa shape index (κ1) is 21.1. The molecule has 1 aliphatic heterocycles. The lowest BCUT2D eigenvalue weighted by Crippen LogP contribution is -2.43. The lowest BCUT2D eigenvalue weighted by molar-refractivity contribution is -0.125. The summed E-state index contributed by atoms with van der Waals surface area (Å²) in [5.41, 5.74) is 5.17. The second kappa shape index (κ2) is 9.02. The van der Waals surface area contributed by atoms with E-state index in [9.17, 15) is 4.79 Å². The predicted octanol–water partition coefficient (Wildman–Crippen LogP) is 3.97. The van der Waals surface area contributed by atoms with E-state index in [1.165, 1.54) is 11.1 Å². The van der Waals surface area contributed by atoms with Crippen molar-refractivity contribution >= 4 is 22.8 Å². The minimum absolute atomic E-state index is 0.0688. The Labute approximate surface area is 193 Å². The molecule has 2 aromatic carbocycles. The molecule has 3 heterocycles. The molecule has 0 spiro atoms. The highest BCUT2D eigenvalue weighted by Crippen LogP contribution is 2.28. The summed E-state index contributed by atoms with van der Waals surface area (Å²) in [6, 6.07) is 16.5. The van der Waals surface area contributed by atoms with Crippen molar-refractivity contribution in [1.82, 2.24) is 25.1 Å². The quantitative estimate of drug-likeness (QED) is 0.508. The normalized spacial score (nSPS) is 16.2. The number of piperidine rings is 1. The largest absolute Gasteiger partial charge is 0.355 e. The van der Waals surface area contributed by atoms with Gasteiger partial charge in [0, 0.05) is 25.8 Å². The second-order valence-corrected chi connectivity index (χ2v) is 8.84. The van der Waals surface area contributed by atoms with E-state index in [4.69, 9.17) is 0 Å². The summed E-state index contributed by atoms with van der Waals surface area (Å²) in [6.07, 6.45) is 5.37. The maximum Gasteiger partial charge on any atom is 0.225 e. The zero-order valence-corrected chi connectivity index (χ0v) is 19.0. The standard InChI is InChI=1S/C26H28N6O/c1-18-8-10-22(11-9-18)32-16-23-24(30-32)28-17-29-25(23)31-12-4-7-21(15-31)26(33)27-14-20-6-3-5-19(2)13-20/h3,5-6,8-11,13,16-17,21H,4,7,12,14-15H2,1-2H3,(H,27,33)/t21-/m0/s1. The second-order valence-electron chi connectivity index (χ2n) is 8.84. The Morgan fingerprint density at radius 3 is 2.76 bits per heavy atom. The average molecular weight is 441 g/mol. The molecule has 1 N–H and O–H groups in total. The molecule has 7 nitrogen and oxygen atoms in total. The number of carbonyl (C=O) groups excluding carboxylic acids is 1. The number of amides is 1. The molecular formula is C26H28N6O. The van der Waals surface area contributed by atoms with Gasteiger partial charge in [0.25, 0.3) is 0 Å². The topological polar surface area (TPSA) is 75.9 Å². The highest BCUT2D eigenvalue weighted by atomic mass is 16.1. The van der Waals surface area contributed by atoms with Crippen molar-refractivity contribution in [1.29, 1.82) is 0 Å². The number of nitrogens with one attached hydrogen (secondary N) is 1. The van der Waals surface area contributed by atoms with Crippen molar-refractivity contribution in [2.75, 3.05) is 18.0 Å². The molecular weight excluding hydrogens is 412 g/mol. The lowest BCUT2D eigenvalue weighted by Gasteiger charge is -2.33. The molecule has 4 aromatic rings. The molecule has 0 saturated carbocycles. The van der Waals surface area contributed by atoms with Crippen LogP contribution in [0, 0.1) is 19.8 Å². The van der Waals surface area contributed by atoms with Crippen LogP contribution in [0.25, 0.3) is 16.7 Å². The van der Waals surface area contributed by atoms with E-state index in [2.05, 4.69) is 63.4 Å². The first-order chi connectivity index (χ1) is 16.1. The fraction of sp³-hybridized carbons (Fsp3) is 0.308. The maximum atomic E-state index is 12.9. The van der Waals surface area contributed by atoms with Gasteiger partial charge in [-0.3, -0.25) is 4.79 Å². The van der Waals surface area contributed by atoms with Crippen LogP contribution in [0.2, 0.25) is 0 Å². The van der Waals surface area contributed by atoms with E-state index < -0.39 is 0 Å². The molecule has 1 aliphatic rings. The highest BCUT2D eigenvalue weighted by molar-refractivity contribution is 5.87. The summed E-state index contributed by atoms with van der Waals surface area (Å²) in [5.74, 6) is 0.872. The molecule has 168 valence electrons. The van der Waals surface area contributed by atoms with Crippen LogP contribution >= 0.6 is 0 Å². The molecule has 1 fully saturated rings. The molecule has 0 radical (unpaired) electrons. The number of aryl methyl sites for hydroxylation is 2. The summed E-state index contributed by atoms with van der Waals surface area (Å²) in [6.45, 7) is 6.19. The van der Waals surface area contributed by atoms with E-state index >= 15 is 0 Å². The first-order valence-corrected chi connectivity index (χ1v) is 11.4. The fourth-order valence-corrected chi connectivity index (χ4v) is 4.45. The number of rotatable bonds is 5. The van der Waals surface area contributed by atoms with Crippen LogP contribution in [0.15, 0.2) is 61.1 Å². The molecule has 7 heteroatoms. The minimum atomic E-state index is -0.0688. The summed E-state index contributed by atoms with van der Waals surface area (Å²) >= 11 is 0. The van der Waals surface area contributed by atoms with Gasteiger partial charge < -0.3 is 10.2 Å². The first-order valence-electron chi connectivity index (χ1n) is 11.4. The van der Waals surface area contributed by atoms with Gasteiger partial charge in [-0.2, -0.15) is 0 Å². The molecule has 1 saturated heterocycles. The Morgan fingerprint density at radius 2 is 1.94 bits per heavy atom. The summed E-state index contributed by atoms with van der Waals surface area (Å²) in [5, 5.41) is 8.67. The van der Waals surface area contributed by atoms with Crippen LogP contribution in [0.4, 0.5) is 5.82 Å². The number of aromatic nitrogens is 4. The molecule has 0 unspecified atom stereocenters. The molecule has 33 heavy (non-hydrogen) atoms. The van der Waals surface area contributed by atoms with Crippen LogP contribution in [-0.4, -0.2) is 38.7 Å². The third-order valence-corrected chi connectivity index (χ3v) is 6.24. The lowest BCUT2D eigenvalue weighted by atomic mass is 9.97. The third-order valence-electron chi connectivity index (χ3n) is 6.24. The van der Waals surface area contributed by atoms with Gasteiger partial charge in [0.15, 0.2) is 5.65 Å². The SMILES string of the molecule is Cc1ccc(-n2cc3c(N4CCC[C@H](C(=O)NCc5cccc(C)c5)C4)ncnc3n2)cc1. The van der Waals surface area contributed by atoms with Crippen LogP contribution in [0.1, 0.15) is 29.5 Å². The molecule has 5 rings (SSSR count). The van der Waals surface area contributed by atoms with Crippen molar-refractivity contribution in [2.24, 2.45) is 5.92 Å². The van der Waals surface area contributed by atoms with Crippen LogP contribution in [-0.2, 0) is 11.3 Å². The van der Waals surface area contributed by atoms with Gasteiger partial charge in [-0.25, -0.2) is 14.6 Å². The number of hydrogen-bond donors (Lipinski definition) is 1. The zero-order chi connectivity index (χ0) is 22.8. The van der Waals surface area contributed by atoms with Gasteiger partial charge >= 0.3 is 0 Å². The predicted molar refractivity (Wildman–Crippen MR) is 129 cm³/mol. The van der Waals surface area contributed by atoms with Crippen LogP contribution < -0.4 is 10.2 Å². The average Bonchev–Trinajstić information content (AvgIpc) is 3.27. The van der Waals surface area contributed by atoms with E-state index in [1.54, 1.807) is 6.33 Å². The summed E-state index contributed by atoms with van der Waals surface area (Å²) in [7, 11) is 0. The molecule has 0 aliphatic carbocycles. The number of carbonyl (C=O) groups is 1. The van der Waals surface area contributed by atoms with E-state index in [0.29, 0.717) is 18.7 Å². The summed E-state index contributed by atoms with van der Waals surface area (Å²) in [4.78, 5) is 24.1. The Kier molecular flexibility index (Phi) is 5.77. The van der Waals surface area contributed by atoms with Crippen LogP contribution in [0.5, 0.6) is 0 Å².